The number of anilines is 1. The molecule has 0 aliphatic heterocycles. The minimum absolute atomic E-state index is 0.0298. The predicted octanol–water partition coefficient (Wildman–Crippen LogP) is 3.85. The average molecular weight is 324 g/mol. The van der Waals surface area contributed by atoms with Gasteiger partial charge in [0.15, 0.2) is 0 Å². The Morgan fingerprint density at radius 2 is 2.05 bits per heavy atom. The predicted molar refractivity (Wildman–Crippen MR) is 74.9 cm³/mol. The van der Waals surface area contributed by atoms with E-state index in [1.54, 1.807) is 19.1 Å². The topological polar surface area (TPSA) is 49.3 Å². The van der Waals surface area contributed by atoms with E-state index >= 15 is 0 Å². The number of phenols is 1. The highest BCUT2D eigenvalue weighted by Crippen LogP contribution is 2.23. The highest BCUT2D eigenvalue weighted by atomic mass is 79.9. The van der Waals surface area contributed by atoms with Crippen LogP contribution in [0.2, 0.25) is 0 Å². The van der Waals surface area contributed by atoms with E-state index in [4.69, 9.17) is 5.11 Å². The fourth-order valence-corrected chi connectivity index (χ4v) is 2.01. The molecular weight excluding hydrogens is 313 g/mol. The summed E-state index contributed by atoms with van der Waals surface area (Å²) in [6.45, 7) is 1.80. The molecule has 0 radical (unpaired) electrons. The second kappa shape index (κ2) is 5.40. The van der Waals surface area contributed by atoms with Crippen molar-refractivity contribution in [2.45, 2.75) is 6.92 Å². The van der Waals surface area contributed by atoms with Crippen LogP contribution in [0.1, 0.15) is 15.9 Å². The minimum atomic E-state index is -0.680. The van der Waals surface area contributed by atoms with Crippen LogP contribution < -0.4 is 5.32 Å². The Hall–Kier alpha value is -1.88. The van der Waals surface area contributed by atoms with Crippen molar-refractivity contribution in [1.29, 1.82) is 0 Å². The van der Waals surface area contributed by atoms with E-state index in [0.29, 0.717) is 5.56 Å². The molecule has 0 fully saturated rings. The average Bonchev–Trinajstić information content (AvgIpc) is 2.36. The van der Waals surface area contributed by atoms with Crippen molar-refractivity contribution in [3.05, 3.63) is 57.8 Å². The summed E-state index contributed by atoms with van der Waals surface area (Å²) in [4.78, 5) is 12.1. The quantitative estimate of drug-likeness (QED) is 0.824. The number of nitrogens with one attached hydrogen (secondary N) is 1. The first kappa shape index (κ1) is 13.5. The summed E-state index contributed by atoms with van der Waals surface area (Å²) in [5, 5.41) is 11.6. The lowest BCUT2D eigenvalue weighted by molar-refractivity contribution is 0.102. The second-order valence-electron chi connectivity index (χ2n) is 4.03. The van der Waals surface area contributed by atoms with Gasteiger partial charge in [-0.05, 0) is 36.8 Å². The molecule has 2 aromatic rings. The maximum absolute atomic E-state index is 13.5. The summed E-state index contributed by atoms with van der Waals surface area (Å²) >= 11 is 3.34. The van der Waals surface area contributed by atoms with Crippen molar-refractivity contribution in [2.75, 3.05) is 5.32 Å². The van der Waals surface area contributed by atoms with Gasteiger partial charge in [-0.3, -0.25) is 4.79 Å². The van der Waals surface area contributed by atoms with Crippen molar-refractivity contribution in [3.63, 3.8) is 0 Å². The molecule has 0 saturated carbocycles. The number of phenolic OH excluding ortho intramolecular Hbond substituents is 1. The van der Waals surface area contributed by atoms with E-state index in [2.05, 4.69) is 21.2 Å². The zero-order valence-electron chi connectivity index (χ0n) is 10.1. The molecule has 3 nitrogen and oxygen atoms in total. The van der Waals surface area contributed by atoms with Crippen LogP contribution >= 0.6 is 15.9 Å². The maximum atomic E-state index is 13.5. The summed E-state index contributed by atoms with van der Waals surface area (Å²) in [5.74, 6) is -1.27. The van der Waals surface area contributed by atoms with Crippen LogP contribution in [0.4, 0.5) is 10.1 Å². The van der Waals surface area contributed by atoms with Gasteiger partial charge >= 0.3 is 0 Å². The van der Waals surface area contributed by atoms with Gasteiger partial charge in [0.25, 0.3) is 5.91 Å². The van der Waals surface area contributed by atoms with Crippen LogP contribution in [0.3, 0.4) is 0 Å². The lowest BCUT2D eigenvalue weighted by Gasteiger charge is -2.09. The molecule has 0 spiro atoms. The van der Waals surface area contributed by atoms with Crippen molar-refractivity contribution >= 4 is 27.5 Å². The van der Waals surface area contributed by atoms with E-state index in [1.807, 2.05) is 6.07 Å². The Balaban J connectivity index is 2.28. The molecule has 0 aromatic heterocycles. The standard InChI is InChI=1S/C14H11BrFNO2/c1-8-10(3-2-4-11(8)15)14(19)17-13-6-5-9(18)7-12(13)16/h2-7,18H,1H3,(H,17,19). The van der Waals surface area contributed by atoms with Crippen LogP contribution in [0.5, 0.6) is 5.75 Å². The molecule has 98 valence electrons. The first-order valence-electron chi connectivity index (χ1n) is 5.54. The summed E-state index contributed by atoms with van der Waals surface area (Å²) in [6, 6.07) is 8.80. The first-order chi connectivity index (χ1) is 8.99. The third-order valence-electron chi connectivity index (χ3n) is 2.71. The molecule has 2 N–H and O–H groups in total. The van der Waals surface area contributed by atoms with Gasteiger partial charge in [0, 0.05) is 16.1 Å². The van der Waals surface area contributed by atoms with Crippen molar-refractivity contribution in [2.24, 2.45) is 0 Å². The van der Waals surface area contributed by atoms with E-state index in [1.165, 1.54) is 12.1 Å². The van der Waals surface area contributed by atoms with Crippen LogP contribution in [0.25, 0.3) is 0 Å². The molecule has 2 rings (SSSR count). The second-order valence-corrected chi connectivity index (χ2v) is 4.89. The lowest BCUT2D eigenvalue weighted by atomic mass is 10.1. The molecule has 0 saturated heterocycles. The molecule has 0 aliphatic carbocycles. The van der Waals surface area contributed by atoms with E-state index < -0.39 is 11.7 Å². The number of rotatable bonds is 2. The fourth-order valence-electron chi connectivity index (χ4n) is 1.65. The SMILES string of the molecule is Cc1c(Br)cccc1C(=O)Nc1ccc(O)cc1F. The van der Waals surface area contributed by atoms with Crippen LogP contribution in [-0.4, -0.2) is 11.0 Å². The fraction of sp³-hybridized carbons (Fsp3) is 0.0714. The normalized spacial score (nSPS) is 10.3. The largest absolute Gasteiger partial charge is 0.508 e. The van der Waals surface area contributed by atoms with Gasteiger partial charge in [0.1, 0.15) is 11.6 Å². The summed E-state index contributed by atoms with van der Waals surface area (Å²) in [5.41, 5.74) is 1.27. The molecule has 19 heavy (non-hydrogen) atoms. The van der Waals surface area contributed by atoms with Crippen LogP contribution in [0, 0.1) is 12.7 Å². The Kier molecular flexibility index (Phi) is 3.85. The first-order valence-corrected chi connectivity index (χ1v) is 6.33. The molecule has 0 aliphatic rings. The van der Waals surface area contributed by atoms with Crippen molar-refractivity contribution in [1.82, 2.24) is 0 Å². The molecule has 2 aromatic carbocycles. The van der Waals surface area contributed by atoms with Gasteiger partial charge in [-0.25, -0.2) is 4.39 Å². The van der Waals surface area contributed by atoms with Crippen molar-refractivity contribution in [3.8, 4) is 5.75 Å². The molecular formula is C14H11BrFNO2. The molecule has 0 heterocycles. The molecule has 1 amide bonds. The van der Waals surface area contributed by atoms with Gasteiger partial charge < -0.3 is 10.4 Å². The third-order valence-corrected chi connectivity index (χ3v) is 3.57. The number of benzene rings is 2. The smallest absolute Gasteiger partial charge is 0.256 e. The van der Waals surface area contributed by atoms with Gasteiger partial charge in [-0.2, -0.15) is 0 Å². The van der Waals surface area contributed by atoms with E-state index in [-0.39, 0.29) is 11.4 Å². The number of carbonyl (C=O) groups excluding carboxylic acids is 1. The lowest BCUT2D eigenvalue weighted by Crippen LogP contribution is -2.14. The van der Waals surface area contributed by atoms with Crippen LogP contribution in [0.15, 0.2) is 40.9 Å². The summed E-state index contributed by atoms with van der Waals surface area (Å²) in [7, 11) is 0. The third kappa shape index (κ3) is 2.93. The van der Waals surface area contributed by atoms with E-state index in [0.717, 1.165) is 16.1 Å². The molecule has 0 atom stereocenters. The van der Waals surface area contributed by atoms with E-state index in [9.17, 15) is 9.18 Å². The van der Waals surface area contributed by atoms with Crippen LogP contribution in [-0.2, 0) is 0 Å². The highest BCUT2D eigenvalue weighted by molar-refractivity contribution is 9.10. The van der Waals surface area contributed by atoms with Gasteiger partial charge in [-0.1, -0.05) is 22.0 Å². The van der Waals surface area contributed by atoms with Gasteiger partial charge in [0.05, 0.1) is 5.69 Å². The number of amides is 1. The molecule has 5 heteroatoms. The number of aromatic hydroxyl groups is 1. The molecule has 0 bridgehead atoms. The van der Waals surface area contributed by atoms with Crippen molar-refractivity contribution < 1.29 is 14.3 Å². The van der Waals surface area contributed by atoms with Gasteiger partial charge in [-0.15, -0.1) is 0 Å². The number of hydrogen-bond donors (Lipinski definition) is 2. The Labute approximate surface area is 118 Å². The van der Waals surface area contributed by atoms with Gasteiger partial charge in [0.2, 0.25) is 0 Å². The highest BCUT2D eigenvalue weighted by Gasteiger charge is 2.13. The zero-order chi connectivity index (χ0) is 14.0. The number of halogens is 2. The zero-order valence-corrected chi connectivity index (χ0v) is 11.7. The number of hydrogen-bond acceptors (Lipinski definition) is 2. The summed E-state index contributed by atoms with van der Waals surface area (Å²) < 4.78 is 14.3. The Morgan fingerprint density at radius 1 is 1.32 bits per heavy atom. The Morgan fingerprint density at radius 3 is 2.74 bits per heavy atom. The maximum Gasteiger partial charge on any atom is 0.256 e. The Bertz CT molecular complexity index is 643. The number of carbonyl (C=O) groups is 1. The minimum Gasteiger partial charge on any atom is -0.508 e. The molecule has 0 unspecified atom stereocenters. The monoisotopic (exact) mass is 323 g/mol. The summed E-state index contributed by atoms with van der Waals surface area (Å²) in [6.07, 6.45) is 0.